The highest BCUT2D eigenvalue weighted by Crippen LogP contribution is 2.19. The van der Waals surface area contributed by atoms with Crippen molar-refractivity contribution in [1.29, 1.82) is 0 Å². The lowest BCUT2D eigenvalue weighted by Crippen LogP contribution is -2.55. The molecule has 58 valence electrons. The number of nitrogens with zero attached hydrogens (tertiary/aromatic N) is 1. The van der Waals surface area contributed by atoms with E-state index in [4.69, 9.17) is 10.2 Å². The fourth-order valence-electron chi connectivity index (χ4n) is 1.15. The van der Waals surface area contributed by atoms with Crippen LogP contribution in [0.4, 0.5) is 4.79 Å². The van der Waals surface area contributed by atoms with Crippen LogP contribution in [0.15, 0.2) is 0 Å². The van der Waals surface area contributed by atoms with Gasteiger partial charge in [-0.25, -0.2) is 4.79 Å². The van der Waals surface area contributed by atoms with E-state index in [-0.39, 0.29) is 6.04 Å². The predicted octanol–water partition coefficient (Wildman–Crippen LogP) is 0.120. The van der Waals surface area contributed by atoms with Gasteiger partial charge in [-0.3, -0.25) is 0 Å². The van der Waals surface area contributed by atoms with Gasteiger partial charge in [0.2, 0.25) is 0 Å². The molecule has 4 heteroatoms. The Hall–Kier alpha value is -0.770. The molecule has 0 spiro atoms. The number of aliphatic hydroxyl groups excluding tert-OH is 1. The first-order valence-electron chi connectivity index (χ1n) is 3.30. The van der Waals surface area contributed by atoms with Crippen molar-refractivity contribution in [1.82, 2.24) is 4.90 Å². The Morgan fingerprint density at radius 1 is 1.80 bits per heavy atom. The van der Waals surface area contributed by atoms with Gasteiger partial charge in [0.15, 0.2) is 0 Å². The quantitative estimate of drug-likeness (QED) is 0.551. The lowest BCUT2D eigenvalue weighted by Gasteiger charge is -2.40. The average molecular weight is 145 g/mol. The van der Waals surface area contributed by atoms with Crippen LogP contribution < -0.4 is 0 Å². The fourth-order valence-corrected chi connectivity index (χ4v) is 1.15. The molecule has 0 aromatic rings. The van der Waals surface area contributed by atoms with Gasteiger partial charge in [-0.15, -0.1) is 0 Å². The standard InChI is InChI=1S/C6H11NO3/c1-4(8)5-2-3-7(5)6(9)10/h4-5,8H,2-3H2,1H3,(H,9,10)/t4-,5?/m0/s1. The minimum absolute atomic E-state index is 0.169. The molecule has 1 aliphatic heterocycles. The smallest absolute Gasteiger partial charge is 0.407 e. The summed E-state index contributed by atoms with van der Waals surface area (Å²) in [6, 6.07) is -0.169. The molecule has 1 rings (SSSR count). The second-order valence-electron chi connectivity index (χ2n) is 2.57. The van der Waals surface area contributed by atoms with Crippen LogP contribution in [-0.2, 0) is 0 Å². The van der Waals surface area contributed by atoms with E-state index in [0.717, 1.165) is 6.42 Å². The number of likely N-dealkylation sites (tertiary alicyclic amines) is 1. The van der Waals surface area contributed by atoms with Gasteiger partial charge in [-0.2, -0.15) is 0 Å². The molecule has 1 unspecified atom stereocenters. The zero-order chi connectivity index (χ0) is 7.72. The molecular weight excluding hydrogens is 134 g/mol. The zero-order valence-electron chi connectivity index (χ0n) is 5.82. The predicted molar refractivity (Wildman–Crippen MR) is 34.8 cm³/mol. The third kappa shape index (κ3) is 1.07. The Morgan fingerprint density at radius 2 is 2.40 bits per heavy atom. The van der Waals surface area contributed by atoms with Crippen LogP contribution in [0.3, 0.4) is 0 Å². The van der Waals surface area contributed by atoms with Crippen molar-refractivity contribution in [2.75, 3.05) is 6.54 Å². The average Bonchev–Trinajstić information content (AvgIpc) is 1.56. The van der Waals surface area contributed by atoms with E-state index in [1.807, 2.05) is 0 Å². The molecule has 0 bridgehead atoms. The normalized spacial score (nSPS) is 27.4. The minimum atomic E-state index is -0.933. The Labute approximate surface area is 59.1 Å². The highest BCUT2D eigenvalue weighted by atomic mass is 16.4. The number of carboxylic acid groups (broad SMARTS) is 1. The molecule has 0 saturated carbocycles. The van der Waals surface area contributed by atoms with Gasteiger partial charge in [-0.1, -0.05) is 0 Å². The van der Waals surface area contributed by atoms with Crippen LogP contribution in [-0.4, -0.2) is 39.9 Å². The molecule has 1 aliphatic rings. The van der Waals surface area contributed by atoms with Crippen molar-refractivity contribution in [3.8, 4) is 0 Å². The van der Waals surface area contributed by atoms with Crippen molar-refractivity contribution in [3.63, 3.8) is 0 Å². The second-order valence-corrected chi connectivity index (χ2v) is 2.57. The number of rotatable bonds is 1. The molecule has 10 heavy (non-hydrogen) atoms. The van der Waals surface area contributed by atoms with Crippen LogP contribution in [0.1, 0.15) is 13.3 Å². The van der Waals surface area contributed by atoms with Gasteiger partial charge in [0, 0.05) is 6.54 Å². The topological polar surface area (TPSA) is 60.8 Å². The third-order valence-corrected chi connectivity index (χ3v) is 1.87. The maximum atomic E-state index is 10.3. The summed E-state index contributed by atoms with van der Waals surface area (Å²) in [4.78, 5) is 11.6. The molecule has 0 aliphatic carbocycles. The van der Waals surface area contributed by atoms with Gasteiger partial charge >= 0.3 is 6.09 Å². The van der Waals surface area contributed by atoms with Crippen molar-refractivity contribution < 1.29 is 15.0 Å². The molecule has 0 radical (unpaired) electrons. The van der Waals surface area contributed by atoms with Gasteiger partial charge in [-0.05, 0) is 13.3 Å². The SMILES string of the molecule is C[C@H](O)C1CCN1C(=O)O. The van der Waals surface area contributed by atoms with Crippen molar-refractivity contribution >= 4 is 6.09 Å². The summed E-state index contributed by atoms with van der Waals surface area (Å²) < 4.78 is 0. The zero-order valence-corrected chi connectivity index (χ0v) is 5.82. The van der Waals surface area contributed by atoms with E-state index in [1.165, 1.54) is 4.90 Å². The first kappa shape index (κ1) is 7.34. The van der Waals surface area contributed by atoms with E-state index >= 15 is 0 Å². The third-order valence-electron chi connectivity index (χ3n) is 1.87. The monoisotopic (exact) mass is 145 g/mol. The van der Waals surface area contributed by atoms with E-state index in [2.05, 4.69) is 0 Å². The van der Waals surface area contributed by atoms with Gasteiger partial charge in [0.1, 0.15) is 0 Å². The van der Waals surface area contributed by atoms with E-state index in [1.54, 1.807) is 6.92 Å². The van der Waals surface area contributed by atoms with E-state index in [0.29, 0.717) is 6.54 Å². The number of hydrogen-bond donors (Lipinski definition) is 2. The summed E-state index contributed by atoms with van der Waals surface area (Å²) in [5, 5.41) is 17.5. The summed E-state index contributed by atoms with van der Waals surface area (Å²) in [7, 11) is 0. The molecule has 1 fully saturated rings. The molecule has 0 aromatic carbocycles. The Kier molecular flexibility index (Phi) is 1.80. The second kappa shape index (κ2) is 2.46. The molecule has 2 atom stereocenters. The van der Waals surface area contributed by atoms with Gasteiger partial charge in [0.25, 0.3) is 0 Å². The molecular formula is C6H11NO3. The minimum Gasteiger partial charge on any atom is -0.465 e. The largest absolute Gasteiger partial charge is 0.465 e. The molecule has 2 N–H and O–H groups in total. The number of hydrogen-bond acceptors (Lipinski definition) is 2. The van der Waals surface area contributed by atoms with E-state index < -0.39 is 12.2 Å². The van der Waals surface area contributed by atoms with Crippen LogP contribution in [0.2, 0.25) is 0 Å². The van der Waals surface area contributed by atoms with Crippen LogP contribution in [0, 0.1) is 0 Å². The highest BCUT2D eigenvalue weighted by Gasteiger charge is 2.34. The lowest BCUT2D eigenvalue weighted by atomic mass is 9.99. The fraction of sp³-hybridized carbons (Fsp3) is 0.833. The number of amides is 1. The Balaban J connectivity index is 2.43. The Morgan fingerprint density at radius 3 is 2.50 bits per heavy atom. The van der Waals surface area contributed by atoms with Gasteiger partial charge < -0.3 is 15.1 Å². The summed E-state index contributed by atoms with van der Waals surface area (Å²) >= 11 is 0. The summed E-state index contributed by atoms with van der Waals surface area (Å²) in [5.41, 5.74) is 0. The molecule has 0 aromatic heterocycles. The summed E-state index contributed by atoms with van der Waals surface area (Å²) in [6.45, 7) is 2.17. The van der Waals surface area contributed by atoms with Crippen molar-refractivity contribution in [2.24, 2.45) is 0 Å². The van der Waals surface area contributed by atoms with Crippen LogP contribution in [0.5, 0.6) is 0 Å². The van der Waals surface area contributed by atoms with E-state index in [9.17, 15) is 4.79 Å². The lowest BCUT2D eigenvalue weighted by molar-refractivity contribution is 0.00421. The van der Waals surface area contributed by atoms with Crippen LogP contribution in [0.25, 0.3) is 0 Å². The number of aliphatic hydroxyl groups is 1. The molecule has 1 amide bonds. The highest BCUT2D eigenvalue weighted by molar-refractivity contribution is 5.66. The van der Waals surface area contributed by atoms with Crippen molar-refractivity contribution in [2.45, 2.75) is 25.5 Å². The Bertz CT molecular complexity index is 146. The molecule has 4 nitrogen and oxygen atoms in total. The molecule has 1 heterocycles. The first-order valence-corrected chi connectivity index (χ1v) is 3.30. The molecule has 1 saturated heterocycles. The maximum Gasteiger partial charge on any atom is 0.407 e. The maximum absolute atomic E-state index is 10.3. The van der Waals surface area contributed by atoms with Crippen LogP contribution >= 0.6 is 0 Å². The summed E-state index contributed by atoms with van der Waals surface area (Å²) in [6.07, 6.45) is -0.689. The number of carbonyl (C=O) groups is 1. The van der Waals surface area contributed by atoms with Crippen molar-refractivity contribution in [3.05, 3.63) is 0 Å². The van der Waals surface area contributed by atoms with Gasteiger partial charge in [0.05, 0.1) is 12.1 Å². The summed E-state index contributed by atoms with van der Waals surface area (Å²) in [5.74, 6) is 0. The first-order chi connectivity index (χ1) is 4.63.